The summed E-state index contributed by atoms with van der Waals surface area (Å²) in [6.07, 6.45) is 3.94. The monoisotopic (exact) mass is 268 g/mol. The molecule has 0 atom stereocenters. The number of rotatable bonds is 4. The summed E-state index contributed by atoms with van der Waals surface area (Å²) in [5.41, 5.74) is 2.66. The molecule has 3 aromatic rings. The van der Waals surface area contributed by atoms with Gasteiger partial charge >= 0.3 is 0 Å². The van der Waals surface area contributed by atoms with Crippen LogP contribution in [0.4, 0.5) is 0 Å². The number of hydrogen-bond acceptors (Lipinski definition) is 3. The van der Waals surface area contributed by atoms with Crippen molar-refractivity contribution in [1.29, 1.82) is 0 Å². The van der Waals surface area contributed by atoms with Crippen molar-refractivity contribution in [2.45, 2.75) is 6.92 Å². The van der Waals surface area contributed by atoms with Gasteiger partial charge in [0.25, 0.3) is 0 Å². The van der Waals surface area contributed by atoms with Crippen LogP contribution in [0.3, 0.4) is 0 Å². The van der Waals surface area contributed by atoms with Crippen LogP contribution < -0.4 is 9.47 Å². The molecule has 0 saturated heterocycles. The molecule has 0 aliphatic heterocycles. The molecule has 0 unspecified atom stereocenters. The number of methoxy groups -OCH3 is 1. The van der Waals surface area contributed by atoms with Crippen LogP contribution in [-0.2, 0) is 0 Å². The van der Waals surface area contributed by atoms with Gasteiger partial charge in [-0.25, -0.2) is 4.98 Å². The second kappa shape index (κ2) is 5.25. The summed E-state index contributed by atoms with van der Waals surface area (Å²) in [6.45, 7) is 2.61. The standard InChI is InChI=1S/C16H16N2O2/c1-3-20-14-8-5-4-7-12(14)13-11-18-10-6-9-15(19-2)16(18)17-13/h4-11H,3H2,1-2H3. The van der Waals surface area contributed by atoms with Gasteiger partial charge in [-0.2, -0.15) is 0 Å². The highest BCUT2D eigenvalue weighted by atomic mass is 16.5. The van der Waals surface area contributed by atoms with E-state index in [1.807, 2.05) is 60.1 Å². The van der Waals surface area contributed by atoms with Crippen molar-refractivity contribution in [1.82, 2.24) is 9.38 Å². The number of aromatic nitrogens is 2. The predicted molar refractivity (Wildman–Crippen MR) is 78.3 cm³/mol. The zero-order valence-electron chi connectivity index (χ0n) is 11.5. The zero-order chi connectivity index (χ0) is 13.9. The molecule has 2 heterocycles. The Morgan fingerprint density at radius 3 is 2.70 bits per heavy atom. The largest absolute Gasteiger partial charge is 0.493 e. The maximum absolute atomic E-state index is 5.66. The quantitative estimate of drug-likeness (QED) is 0.727. The van der Waals surface area contributed by atoms with E-state index < -0.39 is 0 Å². The lowest BCUT2D eigenvalue weighted by Gasteiger charge is -2.07. The summed E-state index contributed by atoms with van der Waals surface area (Å²) in [7, 11) is 1.65. The Labute approximate surface area is 117 Å². The van der Waals surface area contributed by atoms with Crippen molar-refractivity contribution in [3.05, 3.63) is 48.8 Å². The van der Waals surface area contributed by atoms with E-state index >= 15 is 0 Å². The molecule has 4 nitrogen and oxygen atoms in total. The zero-order valence-corrected chi connectivity index (χ0v) is 11.5. The van der Waals surface area contributed by atoms with Crippen LogP contribution in [0.2, 0.25) is 0 Å². The van der Waals surface area contributed by atoms with Crippen molar-refractivity contribution in [2.75, 3.05) is 13.7 Å². The van der Waals surface area contributed by atoms with Gasteiger partial charge in [0.15, 0.2) is 11.4 Å². The molecule has 0 aliphatic carbocycles. The minimum atomic E-state index is 0.633. The van der Waals surface area contributed by atoms with Gasteiger partial charge in [-0.1, -0.05) is 12.1 Å². The first-order valence-electron chi connectivity index (χ1n) is 6.57. The molecule has 0 aliphatic rings. The smallest absolute Gasteiger partial charge is 0.180 e. The van der Waals surface area contributed by atoms with Crippen LogP contribution in [-0.4, -0.2) is 23.1 Å². The summed E-state index contributed by atoms with van der Waals surface area (Å²) in [6, 6.07) is 11.8. The van der Waals surface area contributed by atoms with Crippen LogP contribution in [0.1, 0.15) is 6.92 Å². The maximum atomic E-state index is 5.66. The molecule has 2 aromatic heterocycles. The molecule has 0 N–H and O–H groups in total. The van der Waals surface area contributed by atoms with Gasteiger partial charge in [-0.15, -0.1) is 0 Å². The molecule has 4 heteroatoms. The third-order valence-corrected chi connectivity index (χ3v) is 3.13. The van der Waals surface area contributed by atoms with E-state index in [-0.39, 0.29) is 0 Å². The molecule has 0 spiro atoms. The number of benzene rings is 1. The minimum Gasteiger partial charge on any atom is -0.493 e. The fourth-order valence-corrected chi connectivity index (χ4v) is 2.24. The summed E-state index contributed by atoms with van der Waals surface area (Å²) in [4.78, 5) is 4.65. The molecule has 3 rings (SSSR count). The first-order chi connectivity index (χ1) is 9.83. The lowest BCUT2D eigenvalue weighted by atomic mass is 10.1. The second-order valence-corrected chi connectivity index (χ2v) is 4.36. The van der Waals surface area contributed by atoms with Crippen LogP contribution in [0.5, 0.6) is 11.5 Å². The lowest BCUT2D eigenvalue weighted by Crippen LogP contribution is -1.93. The molecule has 0 fully saturated rings. The first kappa shape index (κ1) is 12.5. The summed E-state index contributed by atoms with van der Waals surface area (Å²) in [5.74, 6) is 1.60. The van der Waals surface area contributed by atoms with E-state index in [0.29, 0.717) is 6.61 Å². The number of nitrogens with zero attached hydrogens (tertiary/aromatic N) is 2. The third kappa shape index (κ3) is 2.09. The van der Waals surface area contributed by atoms with E-state index in [1.54, 1.807) is 7.11 Å². The molecule has 102 valence electrons. The normalized spacial score (nSPS) is 10.7. The van der Waals surface area contributed by atoms with Gasteiger partial charge in [0.2, 0.25) is 0 Å². The lowest BCUT2D eigenvalue weighted by molar-refractivity contribution is 0.341. The maximum Gasteiger partial charge on any atom is 0.180 e. The van der Waals surface area contributed by atoms with Gasteiger partial charge < -0.3 is 13.9 Å². The molecular formula is C16H16N2O2. The van der Waals surface area contributed by atoms with E-state index in [1.165, 1.54) is 0 Å². The average Bonchev–Trinajstić information content (AvgIpc) is 2.92. The Morgan fingerprint density at radius 1 is 1.10 bits per heavy atom. The van der Waals surface area contributed by atoms with Gasteiger partial charge in [-0.05, 0) is 31.2 Å². The van der Waals surface area contributed by atoms with Crippen molar-refractivity contribution in [2.24, 2.45) is 0 Å². The fourth-order valence-electron chi connectivity index (χ4n) is 2.24. The number of ether oxygens (including phenoxy) is 2. The van der Waals surface area contributed by atoms with Crippen LogP contribution in [0.15, 0.2) is 48.8 Å². The Bertz CT molecular complexity index is 734. The second-order valence-electron chi connectivity index (χ2n) is 4.36. The Kier molecular flexibility index (Phi) is 3.29. The van der Waals surface area contributed by atoms with E-state index in [9.17, 15) is 0 Å². The Balaban J connectivity index is 2.15. The summed E-state index contributed by atoms with van der Waals surface area (Å²) >= 11 is 0. The third-order valence-electron chi connectivity index (χ3n) is 3.13. The van der Waals surface area contributed by atoms with Crippen LogP contribution >= 0.6 is 0 Å². The van der Waals surface area contributed by atoms with Gasteiger partial charge in [0.05, 0.1) is 19.4 Å². The topological polar surface area (TPSA) is 35.8 Å². The van der Waals surface area contributed by atoms with E-state index in [4.69, 9.17) is 9.47 Å². The van der Waals surface area contributed by atoms with Crippen molar-refractivity contribution in [3.63, 3.8) is 0 Å². The average molecular weight is 268 g/mol. The van der Waals surface area contributed by atoms with Gasteiger partial charge in [-0.3, -0.25) is 0 Å². The highest BCUT2D eigenvalue weighted by Gasteiger charge is 2.11. The van der Waals surface area contributed by atoms with Crippen molar-refractivity contribution >= 4 is 5.65 Å². The molecule has 20 heavy (non-hydrogen) atoms. The minimum absolute atomic E-state index is 0.633. The summed E-state index contributed by atoms with van der Waals surface area (Å²) < 4.78 is 13.0. The number of para-hydroxylation sites is 1. The summed E-state index contributed by atoms with van der Waals surface area (Å²) in [5, 5.41) is 0. The molecule has 0 saturated carbocycles. The molecule has 0 radical (unpaired) electrons. The number of pyridine rings is 1. The number of hydrogen-bond donors (Lipinski definition) is 0. The Morgan fingerprint density at radius 2 is 1.90 bits per heavy atom. The SMILES string of the molecule is CCOc1ccccc1-c1cn2cccc(OC)c2n1. The van der Waals surface area contributed by atoms with Crippen LogP contribution in [0.25, 0.3) is 16.9 Å². The number of imidazole rings is 1. The van der Waals surface area contributed by atoms with E-state index in [2.05, 4.69) is 4.98 Å². The highest BCUT2D eigenvalue weighted by molar-refractivity contribution is 5.70. The first-order valence-corrected chi connectivity index (χ1v) is 6.57. The van der Waals surface area contributed by atoms with Gasteiger partial charge in [0, 0.05) is 18.0 Å². The fraction of sp³-hybridized carbons (Fsp3) is 0.188. The van der Waals surface area contributed by atoms with Crippen LogP contribution in [0, 0.1) is 0 Å². The predicted octanol–water partition coefficient (Wildman–Crippen LogP) is 3.41. The van der Waals surface area contributed by atoms with Crippen molar-refractivity contribution < 1.29 is 9.47 Å². The van der Waals surface area contributed by atoms with Crippen molar-refractivity contribution in [3.8, 4) is 22.8 Å². The molecule has 1 aromatic carbocycles. The molecule has 0 bridgehead atoms. The number of fused-ring (bicyclic) bond motifs is 1. The molecular weight excluding hydrogens is 252 g/mol. The van der Waals surface area contributed by atoms with E-state index in [0.717, 1.165) is 28.4 Å². The van der Waals surface area contributed by atoms with Gasteiger partial charge in [0.1, 0.15) is 5.75 Å². The Hall–Kier alpha value is -2.49. The molecule has 0 amide bonds. The highest BCUT2D eigenvalue weighted by Crippen LogP contribution is 2.30.